The summed E-state index contributed by atoms with van der Waals surface area (Å²) in [5.74, 6) is 0.259. The molecule has 2 aliphatic heterocycles. The van der Waals surface area contributed by atoms with Crippen molar-refractivity contribution in [2.75, 3.05) is 37.7 Å². The van der Waals surface area contributed by atoms with E-state index in [0.29, 0.717) is 31.9 Å². The molecule has 10 heteroatoms. The molecule has 1 amide bonds. The van der Waals surface area contributed by atoms with E-state index in [0.717, 1.165) is 36.6 Å². The molecule has 2 aliphatic rings. The monoisotopic (exact) mass is 459 g/mol. The van der Waals surface area contributed by atoms with Crippen LogP contribution in [0.1, 0.15) is 52.5 Å². The van der Waals surface area contributed by atoms with Crippen LogP contribution in [0.4, 0.5) is 16.2 Å². The summed E-state index contributed by atoms with van der Waals surface area (Å²) in [7, 11) is 0. The zero-order valence-corrected chi connectivity index (χ0v) is 19.6. The first-order chi connectivity index (χ1) is 15.6. The smallest absolute Gasteiger partial charge is 0.410 e. The van der Waals surface area contributed by atoms with Crippen LogP contribution in [0.5, 0.6) is 0 Å². The van der Waals surface area contributed by atoms with Gasteiger partial charge in [0.25, 0.3) is 5.69 Å². The number of amides is 1. The molecule has 1 aromatic heterocycles. The van der Waals surface area contributed by atoms with Crippen molar-refractivity contribution in [3.63, 3.8) is 0 Å². The number of carbonyl (C=O) groups is 1. The molecular formula is C23H33N5O5. The van der Waals surface area contributed by atoms with Gasteiger partial charge in [-0.3, -0.25) is 14.8 Å². The number of likely N-dealkylation sites (tertiary alicyclic amines) is 1. The fraction of sp³-hybridized carbons (Fsp3) is 0.652. The molecule has 1 N–H and O–H groups in total. The number of hydrogen-bond acceptors (Lipinski definition) is 7. The van der Waals surface area contributed by atoms with E-state index in [-0.39, 0.29) is 35.3 Å². The van der Waals surface area contributed by atoms with Crippen LogP contribution in [0, 0.1) is 16.0 Å². The third kappa shape index (κ3) is 5.21. The third-order valence-corrected chi connectivity index (χ3v) is 6.52. The van der Waals surface area contributed by atoms with E-state index in [1.54, 1.807) is 11.0 Å². The van der Waals surface area contributed by atoms with Gasteiger partial charge in [0, 0.05) is 50.4 Å². The molecule has 2 fully saturated rings. The summed E-state index contributed by atoms with van der Waals surface area (Å²) < 4.78 is 7.36. The number of rotatable bonds is 4. The second-order valence-electron chi connectivity index (χ2n) is 10.1. The Morgan fingerprint density at radius 3 is 2.42 bits per heavy atom. The van der Waals surface area contributed by atoms with Gasteiger partial charge in [-0.1, -0.05) is 0 Å². The Bertz CT molecular complexity index is 1010. The Balaban J connectivity index is 1.50. The average Bonchev–Trinajstić information content (AvgIpc) is 3.20. The highest BCUT2D eigenvalue weighted by molar-refractivity contribution is 5.87. The van der Waals surface area contributed by atoms with Crippen molar-refractivity contribution in [2.45, 2.75) is 58.1 Å². The lowest BCUT2D eigenvalue weighted by molar-refractivity contribution is -0.384. The number of nitrogens with zero attached hydrogens (tertiary/aromatic N) is 5. The zero-order chi connectivity index (χ0) is 23.8. The summed E-state index contributed by atoms with van der Waals surface area (Å²) >= 11 is 0. The Morgan fingerprint density at radius 1 is 1.18 bits per heavy atom. The molecule has 0 spiro atoms. The van der Waals surface area contributed by atoms with E-state index in [1.807, 2.05) is 42.6 Å². The number of benzene rings is 1. The first-order valence-corrected chi connectivity index (χ1v) is 11.7. The fourth-order valence-electron chi connectivity index (χ4n) is 4.65. The minimum atomic E-state index is -0.520. The van der Waals surface area contributed by atoms with Crippen molar-refractivity contribution in [3.05, 3.63) is 28.4 Å². The van der Waals surface area contributed by atoms with Crippen LogP contribution in [0.2, 0.25) is 0 Å². The molecule has 10 nitrogen and oxygen atoms in total. The van der Waals surface area contributed by atoms with Crippen molar-refractivity contribution in [3.8, 4) is 0 Å². The highest BCUT2D eigenvalue weighted by atomic mass is 16.6. The van der Waals surface area contributed by atoms with E-state index in [1.165, 1.54) is 0 Å². The van der Waals surface area contributed by atoms with Gasteiger partial charge in [-0.15, -0.1) is 0 Å². The van der Waals surface area contributed by atoms with E-state index in [4.69, 9.17) is 9.84 Å². The number of hydrogen-bond donors (Lipinski definition) is 1. The van der Waals surface area contributed by atoms with Crippen LogP contribution in [0.15, 0.2) is 18.3 Å². The van der Waals surface area contributed by atoms with Gasteiger partial charge >= 0.3 is 6.09 Å². The Kier molecular flexibility index (Phi) is 6.47. The van der Waals surface area contributed by atoms with Crippen molar-refractivity contribution in [2.24, 2.45) is 5.92 Å². The molecule has 180 valence electrons. The molecule has 33 heavy (non-hydrogen) atoms. The predicted octanol–water partition coefficient (Wildman–Crippen LogP) is 3.73. The van der Waals surface area contributed by atoms with Crippen LogP contribution in [0.25, 0.3) is 10.9 Å². The molecule has 2 saturated heterocycles. The minimum absolute atomic E-state index is 0.0873. The number of aromatic nitrogens is 2. The van der Waals surface area contributed by atoms with Crippen molar-refractivity contribution in [1.82, 2.24) is 14.7 Å². The van der Waals surface area contributed by atoms with E-state index in [2.05, 4.69) is 0 Å². The summed E-state index contributed by atoms with van der Waals surface area (Å²) in [6.07, 6.45) is 4.70. The van der Waals surface area contributed by atoms with Gasteiger partial charge in [0.05, 0.1) is 16.5 Å². The summed E-state index contributed by atoms with van der Waals surface area (Å²) in [6.45, 7) is 8.26. The number of ether oxygens (including phenoxy) is 1. The SMILES string of the molecule is CC(C)(C)OC(=O)N1CCC(n2cc3cc([N+](=O)[O-])c(N4CCC(CO)CC4)cc3n2)CC1. The maximum Gasteiger partial charge on any atom is 0.410 e. The molecule has 0 saturated carbocycles. The largest absolute Gasteiger partial charge is 0.444 e. The first-order valence-electron chi connectivity index (χ1n) is 11.7. The second-order valence-corrected chi connectivity index (χ2v) is 10.1. The molecule has 1 aromatic carbocycles. The summed E-state index contributed by atoms with van der Waals surface area (Å²) in [6, 6.07) is 3.56. The molecule has 0 unspecified atom stereocenters. The lowest BCUT2D eigenvalue weighted by Crippen LogP contribution is -2.42. The summed E-state index contributed by atoms with van der Waals surface area (Å²) in [5.41, 5.74) is 0.889. The van der Waals surface area contributed by atoms with Gasteiger partial charge in [0.15, 0.2) is 0 Å². The van der Waals surface area contributed by atoms with Gasteiger partial charge in [-0.2, -0.15) is 5.10 Å². The first kappa shape index (κ1) is 23.3. The van der Waals surface area contributed by atoms with Crippen LogP contribution < -0.4 is 4.90 Å². The van der Waals surface area contributed by atoms with E-state index in [9.17, 15) is 20.0 Å². The quantitative estimate of drug-likeness (QED) is 0.547. The van der Waals surface area contributed by atoms with Gasteiger partial charge in [0.1, 0.15) is 11.3 Å². The van der Waals surface area contributed by atoms with E-state index < -0.39 is 5.60 Å². The number of carbonyl (C=O) groups excluding carboxylic acids is 1. The van der Waals surface area contributed by atoms with Crippen molar-refractivity contribution < 1.29 is 19.6 Å². The molecule has 0 aliphatic carbocycles. The summed E-state index contributed by atoms with van der Waals surface area (Å²) in [4.78, 5) is 27.5. The lowest BCUT2D eigenvalue weighted by Gasteiger charge is -2.33. The normalized spacial score (nSPS) is 18.7. The number of aliphatic hydroxyl groups is 1. The minimum Gasteiger partial charge on any atom is -0.444 e. The van der Waals surface area contributed by atoms with E-state index >= 15 is 0 Å². The molecule has 2 aromatic rings. The number of anilines is 1. The molecular weight excluding hydrogens is 426 g/mol. The molecule has 0 radical (unpaired) electrons. The number of aliphatic hydroxyl groups excluding tert-OH is 1. The van der Waals surface area contributed by atoms with Gasteiger partial charge < -0.3 is 19.6 Å². The van der Waals surface area contributed by atoms with Gasteiger partial charge in [-0.25, -0.2) is 4.79 Å². The Labute approximate surface area is 193 Å². The van der Waals surface area contributed by atoms with Crippen LogP contribution in [-0.4, -0.2) is 69.2 Å². The maximum atomic E-state index is 12.3. The maximum absolute atomic E-state index is 12.3. The van der Waals surface area contributed by atoms with Crippen molar-refractivity contribution in [1.29, 1.82) is 0 Å². The highest BCUT2D eigenvalue weighted by Gasteiger charge is 2.29. The molecule has 0 atom stereocenters. The fourth-order valence-corrected chi connectivity index (χ4v) is 4.65. The van der Waals surface area contributed by atoms with Crippen LogP contribution >= 0.6 is 0 Å². The molecule has 4 rings (SSSR count). The number of piperidine rings is 2. The third-order valence-electron chi connectivity index (χ3n) is 6.52. The Hall–Kier alpha value is -2.88. The lowest BCUT2D eigenvalue weighted by atomic mass is 9.97. The highest BCUT2D eigenvalue weighted by Crippen LogP contribution is 2.36. The second kappa shape index (κ2) is 9.17. The number of nitro groups is 1. The number of nitro benzene ring substituents is 1. The zero-order valence-electron chi connectivity index (χ0n) is 19.6. The van der Waals surface area contributed by atoms with Crippen LogP contribution in [-0.2, 0) is 4.74 Å². The number of fused-ring (bicyclic) bond motifs is 1. The molecule has 3 heterocycles. The summed E-state index contributed by atoms with van der Waals surface area (Å²) in [5, 5.41) is 26.7. The average molecular weight is 460 g/mol. The standard InChI is InChI=1S/C23H33N5O5/c1-23(2,3)33-22(30)26-10-6-18(7-11-26)27-14-17-12-21(28(31)32)20(13-19(17)24-27)25-8-4-16(15-29)5-9-25/h12-14,16,18,29H,4-11,15H2,1-3H3. The van der Waals surface area contributed by atoms with Gasteiger partial charge in [-0.05, 0) is 58.4 Å². The van der Waals surface area contributed by atoms with Crippen molar-refractivity contribution >= 4 is 28.4 Å². The molecule has 0 bridgehead atoms. The topological polar surface area (TPSA) is 114 Å². The van der Waals surface area contributed by atoms with Gasteiger partial charge in [0.2, 0.25) is 0 Å². The Morgan fingerprint density at radius 2 is 1.85 bits per heavy atom. The predicted molar refractivity (Wildman–Crippen MR) is 124 cm³/mol. The van der Waals surface area contributed by atoms with Crippen LogP contribution in [0.3, 0.4) is 0 Å².